The van der Waals surface area contributed by atoms with E-state index >= 15 is 0 Å². The van der Waals surface area contributed by atoms with Crippen LogP contribution in [0.3, 0.4) is 0 Å². The second-order valence-electron chi connectivity index (χ2n) is 7.73. The zero-order chi connectivity index (χ0) is 22.5. The van der Waals surface area contributed by atoms with Crippen molar-refractivity contribution in [3.63, 3.8) is 0 Å². The molecule has 8 heteroatoms. The molecule has 2 N–H and O–H groups in total. The molecule has 0 spiro atoms. The average molecular weight is 444 g/mol. The Morgan fingerprint density at radius 3 is 2.39 bits per heavy atom. The van der Waals surface area contributed by atoms with E-state index < -0.39 is 6.04 Å². The first kappa shape index (κ1) is 22.6. The van der Waals surface area contributed by atoms with Gasteiger partial charge >= 0.3 is 0 Å². The molecule has 1 fully saturated rings. The number of nitrogens with zero attached hydrogens (tertiary/aromatic N) is 1. The van der Waals surface area contributed by atoms with Crippen LogP contribution < -0.4 is 20.3 Å². The number of carbonyl (C=O) groups is 3. The molecule has 2 aromatic carbocycles. The summed E-state index contributed by atoms with van der Waals surface area (Å²) >= 11 is 6.36. The predicted octanol–water partition coefficient (Wildman–Crippen LogP) is 3.87. The van der Waals surface area contributed by atoms with E-state index in [0.717, 1.165) is 6.42 Å². The molecule has 0 saturated carbocycles. The Kier molecular flexibility index (Phi) is 7.17. The number of carbonyl (C=O) groups excluding carboxylic acids is 3. The van der Waals surface area contributed by atoms with Gasteiger partial charge in [0, 0.05) is 24.2 Å². The fourth-order valence-corrected chi connectivity index (χ4v) is 3.71. The van der Waals surface area contributed by atoms with Gasteiger partial charge in [0.25, 0.3) is 5.91 Å². The molecular weight excluding hydrogens is 418 g/mol. The van der Waals surface area contributed by atoms with E-state index in [1.165, 1.54) is 0 Å². The van der Waals surface area contributed by atoms with Crippen molar-refractivity contribution in [3.05, 3.63) is 53.1 Å². The summed E-state index contributed by atoms with van der Waals surface area (Å²) in [5.41, 5.74) is 1.56. The lowest BCUT2D eigenvalue weighted by Crippen LogP contribution is -2.47. The maximum absolute atomic E-state index is 12.9. The van der Waals surface area contributed by atoms with Gasteiger partial charge in [0.2, 0.25) is 11.8 Å². The van der Waals surface area contributed by atoms with Crippen molar-refractivity contribution >= 4 is 40.7 Å². The Morgan fingerprint density at radius 1 is 1.13 bits per heavy atom. The minimum absolute atomic E-state index is 0.0415. The fourth-order valence-electron chi connectivity index (χ4n) is 3.43. The number of anilines is 2. The molecule has 0 aliphatic carbocycles. The number of rotatable bonds is 7. The third-order valence-electron chi connectivity index (χ3n) is 5.17. The maximum atomic E-state index is 12.9. The van der Waals surface area contributed by atoms with Crippen LogP contribution >= 0.6 is 11.6 Å². The van der Waals surface area contributed by atoms with Gasteiger partial charge in [-0.1, -0.05) is 25.4 Å². The fraction of sp³-hybridized carbons (Fsp3) is 0.348. The molecule has 0 aromatic heterocycles. The monoisotopic (exact) mass is 443 g/mol. The number of amides is 3. The minimum Gasteiger partial charge on any atom is -0.497 e. The largest absolute Gasteiger partial charge is 0.497 e. The molecule has 1 unspecified atom stereocenters. The van der Waals surface area contributed by atoms with E-state index in [9.17, 15) is 14.4 Å². The molecule has 1 aliphatic heterocycles. The molecule has 3 amide bonds. The second kappa shape index (κ2) is 9.83. The standard InChI is InChI=1S/C23H26ClN3O4/c1-14(2)21(26-22(29)15-6-9-17(31-3)10-7-15)23(30)25-16-8-11-19(18(24)13-16)27-12-4-5-20(27)28/h6-11,13-14,21H,4-5,12H2,1-3H3,(H,25,30)(H,26,29). The number of nitrogens with one attached hydrogen (secondary N) is 2. The topological polar surface area (TPSA) is 87.7 Å². The van der Waals surface area contributed by atoms with Gasteiger partial charge in [-0.3, -0.25) is 14.4 Å². The smallest absolute Gasteiger partial charge is 0.251 e. The van der Waals surface area contributed by atoms with E-state index in [1.54, 1.807) is 54.5 Å². The number of hydrogen-bond acceptors (Lipinski definition) is 4. The number of methoxy groups -OCH3 is 1. The van der Waals surface area contributed by atoms with Crippen molar-refractivity contribution in [2.24, 2.45) is 5.92 Å². The first-order chi connectivity index (χ1) is 14.8. The lowest BCUT2D eigenvalue weighted by Gasteiger charge is -2.22. The zero-order valence-electron chi connectivity index (χ0n) is 17.8. The van der Waals surface area contributed by atoms with E-state index in [0.29, 0.717) is 40.7 Å². The van der Waals surface area contributed by atoms with Crippen LogP contribution in [0.2, 0.25) is 5.02 Å². The summed E-state index contributed by atoms with van der Waals surface area (Å²) in [6.45, 7) is 4.35. The van der Waals surface area contributed by atoms with Crippen LogP contribution in [-0.4, -0.2) is 37.4 Å². The van der Waals surface area contributed by atoms with E-state index in [-0.39, 0.29) is 23.6 Å². The van der Waals surface area contributed by atoms with Gasteiger partial charge in [0.1, 0.15) is 11.8 Å². The van der Waals surface area contributed by atoms with E-state index in [2.05, 4.69) is 10.6 Å². The van der Waals surface area contributed by atoms with Gasteiger partial charge in [-0.15, -0.1) is 0 Å². The van der Waals surface area contributed by atoms with Gasteiger partial charge in [-0.25, -0.2) is 0 Å². The van der Waals surface area contributed by atoms with Crippen LogP contribution in [0, 0.1) is 5.92 Å². The summed E-state index contributed by atoms with van der Waals surface area (Å²) in [7, 11) is 1.55. The lowest BCUT2D eigenvalue weighted by molar-refractivity contribution is -0.119. The van der Waals surface area contributed by atoms with Crippen molar-refractivity contribution in [1.82, 2.24) is 5.32 Å². The Morgan fingerprint density at radius 2 is 1.84 bits per heavy atom. The van der Waals surface area contributed by atoms with Crippen LogP contribution in [0.15, 0.2) is 42.5 Å². The number of halogens is 1. The van der Waals surface area contributed by atoms with Crippen LogP contribution in [-0.2, 0) is 9.59 Å². The summed E-state index contributed by atoms with van der Waals surface area (Å²) in [6.07, 6.45) is 1.32. The third-order valence-corrected chi connectivity index (χ3v) is 5.47. The van der Waals surface area contributed by atoms with E-state index in [4.69, 9.17) is 16.3 Å². The van der Waals surface area contributed by atoms with Gasteiger partial charge in [-0.2, -0.15) is 0 Å². The SMILES string of the molecule is COc1ccc(C(=O)NC(C(=O)Nc2ccc(N3CCCC3=O)c(Cl)c2)C(C)C)cc1. The van der Waals surface area contributed by atoms with Gasteiger partial charge in [-0.05, 0) is 54.8 Å². The molecule has 1 heterocycles. The molecule has 2 aromatic rings. The third kappa shape index (κ3) is 5.35. The van der Waals surface area contributed by atoms with Crippen molar-refractivity contribution in [3.8, 4) is 5.75 Å². The summed E-state index contributed by atoms with van der Waals surface area (Å²) in [4.78, 5) is 39.1. The number of hydrogen-bond donors (Lipinski definition) is 2. The highest BCUT2D eigenvalue weighted by atomic mass is 35.5. The molecule has 1 aliphatic rings. The molecule has 0 bridgehead atoms. The summed E-state index contributed by atoms with van der Waals surface area (Å²) in [5, 5.41) is 5.98. The molecule has 1 saturated heterocycles. The highest BCUT2D eigenvalue weighted by Crippen LogP contribution is 2.31. The van der Waals surface area contributed by atoms with Crippen LogP contribution in [0.5, 0.6) is 5.75 Å². The first-order valence-corrected chi connectivity index (χ1v) is 10.5. The van der Waals surface area contributed by atoms with E-state index in [1.807, 2.05) is 13.8 Å². The Labute approximate surface area is 186 Å². The maximum Gasteiger partial charge on any atom is 0.251 e. The summed E-state index contributed by atoms with van der Waals surface area (Å²) < 4.78 is 5.10. The highest BCUT2D eigenvalue weighted by molar-refractivity contribution is 6.34. The normalized spacial score (nSPS) is 14.5. The molecule has 31 heavy (non-hydrogen) atoms. The van der Waals surface area contributed by atoms with Crippen LogP contribution in [0.25, 0.3) is 0 Å². The summed E-state index contributed by atoms with van der Waals surface area (Å²) in [6, 6.07) is 11.0. The lowest BCUT2D eigenvalue weighted by atomic mass is 10.0. The van der Waals surface area contributed by atoms with Crippen molar-refractivity contribution in [1.29, 1.82) is 0 Å². The Bertz CT molecular complexity index is 975. The highest BCUT2D eigenvalue weighted by Gasteiger charge is 2.26. The summed E-state index contributed by atoms with van der Waals surface area (Å²) in [5.74, 6) is -0.153. The molecule has 1 atom stereocenters. The minimum atomic E-state index is -0.742. The number of benzene rings is 2. The van der Waals surface area contributed by atoms with Gasteiger partial charge in [0.15, 0.2) is 0 Å². The van der Waals surface area contributed by atoms with Gasteiger partial charge in [0.05, 0.1) is 17.8 Å². The van der Waals surface area contributed by atoms with Crippen molar-refractivity contribution in [2.45, 2.75) is 32.7 Å². The van der Waals surface area contributed by atoms with Crippen LogP contribution in [0.4, 0.5) is 11.4 Å². The zero-order valence-corrected chi connectivity index (χ0v) is 18.5. The second-order valence-corrected chi connectivity index (χ2v) is 8.14. The molecule has 0 radical (unpaired) electrons. The van der Waals surface area contributed by atoms with Crippen LogP contribution in [0.1, 0.15) is 37.0 Å². The Hall–Kier alpha value is -3.06. The first-order valence-electron chi connectivity index (χ1n) is 10.2. The predicted molar refractivity (Wildman–Crippen MR) is 121 cm³/mol. The Balaban J connectivity index is 1.69. The average Bonchev–Trinajstić information content (AvgIpc) is 3.17. The van der Waals surface area contributed by atoms with Gasteiger partial charge < -0.3 is 20.3 Å². The molecule has 164 valence electrons. The van der Waals surface area contributed by atoms with Crippen molar-refractivity contribution in [2.75, 3.05) is 23.9 Å². The molecule has 7 nitrogen and oxygen atoms in total. The molecular formula is C23H26ClN3O4. The van der Waals surface area contributed by atoms with Crippen molar-refractivity contribution < 1.29 is 19.1 Å². The quantitative estimate of drug-likeness (QED) is 0.680. The molecule has 3 rings (SSSR count). The number of ether oxygens (including phenoxy) is 1.